The van der Waals surface area contributed by atoms with E-state index >= 15 is 0 Å². The third-order valence-electron chi connectivity index (χ3n) is 5.04. The van der Waals surface area contributed by atoms with E-state index in [1.54, 1.807) is 46.1 Å². The Labute approximate surface area is 179 Å². The Hall–Kier alpha value is -2.38. The lowest BCUT2D eigenvalue weighted by Gasteiger charge is -2.30. The Morgan fingerprint density at radius 1 is 0.933 bits per heavy atom. The predicted octanol–water partition coefficient (Wildman–Crippen LogP) is 4.98. The zero-order chi connectivity index (χ0) is 22.2. The molecule has 0 radical (unpaired) electrons. The summed E-state index contributed by atoms with van der Waals surface area (Å²) in [6.45, 7) is 7.17. The summed E-state index contributed by atoms with van der Waals surface area (Å²) in [7, 11) is -5.77. The number of methoxy groups -OCH3 is 1. The fourth-order valence-corrected chi connectivity index (χ4v) is 8.10. The number of benzene rings is 2. The second-order valence-corrected chi connectivity index (χ2v) is 13.1. The monoisotopic (exact) mass is 445 g/mol. The van der Waals surface area contributed by atoms with Crippen molar-refractivity contribution in [3.8, 4) is 5.75 Å². The lowest BCUT2D eigenvalue weighted by molar-refractivity contribution is 0.415. The number of hydrogen-bond donors (Lipinski definition) is 0. The van der Waals surface area contributed by atoms with Crippen molar-refractivity contribution in [2.24, 2.45) is 3.77 Å². The number of allylic oxidation sites excluding steroid dienone is 2. The quantitative estimate of drug-likeness (QED) is 0.651. The van der Waals surface area contributed by atoms with Crippen molar-refractivity contribution < 1.29 is 17.4 Å². The molecule has 0 aliphatic heterocycles. The molecule has 7 heteroatoms. The van der Waals surface area contributed by atoms with Crippen molar-refractivity contribution in [2.45, 2.75) is 42.6 Å². The highest BCUT2D eigenvalue weighted by Gasteiger charge is 2.39. The average molecular weight is 446 g/mol. The molecule has 0 amide bonds. The smallest absolute Gasteiger partial charge is 0.290 e. The molecule has 0 saturated heterocycles. The van der Waals surface area contributed by atoms with Gasteiger partial charge in [-0.3, -0.25) is 0 Å². The van der Waals surface area contributed by atoms with Crippen molar-refractivity contribution in [2.75, 3.05) is 7.11 Å². The molecule has 5 nitrogen and oxygen atoms in total. The second-order valence-electron chi connectivity index (χ2n) is 8.20. The van der Waals surface area contributed by atoms with Gasteiger partial charge in [0.15, 0.2) is 0 Å². The zero-order valence-corrected chi connectivity index (χ0v) is 19.5. The molecule has 0 saturated carbocycles. The van der Waals surface area contributed by atoms with Crippen LogP contribution in [0.15, 0.2) is 75.4 Å². The number of rotatable bonds is 5. The first-order valence-electron chi connectivity index (χ1n) is 9.59. The van der Waals surface area contributed by atoms with Crippen molar-refractivity contribution in [1.82, 2.24) is 0 Å². The van der Waals surface area contributed by atoms with Crippen LogP contribution in [0, 0.1) is 6.92 Å². The molecule has 3 rings (SSSR count). The average Bonchev–Trinajstić information content (AvgIpc) is 3.17. The molecule has 2 aromatic rings. The van der Waals surface area contributed by atoms with E-state index in [-0.39, 0.29) is 4.90 Å². The molecule has 0 aromatic heterocycles. The van der Waals surface area contributed by atoms with Crippen molar-refractivity contribution in [1.29, 1.82) is 0 Å². The summed E-state index contributed by atoms with van der Waals surface area (Å²) in [5.74, 6) is 0.713. The van der Waals surface area contributed by atoms with Crippen LogP contribution in [0.5, 0.6) is 5.75 Å². The first-order chi connectivity index (χ1) is 14.0. The van der Waals surface area contributed by atoms with Crippen LogP contribution in [0.2, 0.25) is 0 Å². The van der Waals surface area contributed by atoms with Gasteiger partial charge in [-0.15, -0.1) is 3.77 Å². The molecule has 1 aliphatic carbocycles. The van der Waals surface area contributed by atoms with Crippen molar-refractivity contribution in [3.63, 3.8) is 0 Å². The molecular formula is C23H27NO4S2. The molecule has 1 aliphatic rings. The molecule has 2 aromatic carbocycles. The minimum absolute atomic E-state index is 0.0435. The van der Waals surface area contributed by atoms with Crippen LogP contribution >= 0.6 is 0 Å². The highest BCUT2D eigenvalue weighted by atomic mass is 32.3. The summed E-state index contributed by atoms with van der Waals surface area (Å²) in [5.41, 5.74) is 2.57. The van der Waals surface area contributed by atoms with Gasteiger partial charge in [-0.05, 0) is 63.1 Å². The van der Waals surface area contributed by atoms with Gasteiger partial charge in [-0.2, -0.15) is 8.42 Å². The summed E-state index contributed by atoms with van der Waals surface area (Å²) in [5, 5.41) is -0.647. The summed E-state index contributed by atoms with van der Waals surface area (Å²) in [6, 6.07) is 13.8. The molecule has 2 atom stereocenters. The third-order valence-corrected chi connectivity index (χ3v) is 10.4. The molecule has 30 heavy (non-hydrogen) atoms. The van der Waals surface area contributed by atoms with Crippen LogP contribution in [0.3, 0.4) is 0 Å². The van der Waals surface area contributed by atoms with Gasteiger partial charge in [-0.25, -0.2) is 4.21 Å². The molecule has 0 fully saturated rings. The van der Waals surface area contributed by atoms with Crippen LogP contribution in [-0.2, 0) is 19.8 Å². The lowest BCUT2D eigenvalue weighted by atomic mass is 10.1. The van der Waals surface area contributed by atoms with E-state index in [9.17, 15) is 12.6 Å². The van der Waals surface area contributed by atoms with Crippen LogP contribution < -0.4 is 4.74 Å². The van der Waals surface area contributed by atoms with Crippen molar-refractivity contribution in [3.05, 3.63) is 77.9 Å². The fourth-order valence-electron chi connectivity index (χ4n) is 3.22. The minimum Gasteiger partial charge on any atom is -0.497 e. The van der Waals surface area contributed by atoms with E-state index in [1.165, 1.54) is 12.1 Å². The van der Waals surface area contributed by atoms with Crippen LogP contribution in [0.1, 0.15) is 31.9 Å². The van der Waals surface area contributed by atoms with E-state index in [4.69, 9.17) is 4.74 Å². The highest BCUT2D eigenvalue weighted by Crippen LogP contribution is 2.38. The topological polar surface area (TPSA) is 72.8 Å². The van der Waals surface area contributed by atoms with Crippen LogP contribution in [0.4, 0.5) is 0 Å². The predicted molar refractivity (Wildman–Crippen MR) is 123 cm³/mol. The summed E-state index contributed by atoms with van der Waals surface area (Å²) >= 11 is 0. The van der Waals surface area contributed by atoms with Gasteiger partial charge in [-0.1, -0.05) is 48.1 Å². The maximum Gasteiger partial charge on any atom is 0.290 e. The van der Waals surface area contributed by atoms with Crippen LogP contribution in [-0.4, -0.2) is 29.7 Å². The number of hydrogen-bond acceptors (Lipinski definition) is 4. The first-order valence-corrected chi connectivity index (χ1v) is 12.6. The first kappa shape index (κ1) is 22.3. The molecule has 2 unspecified atom stereocenters. The lowest BCUT2D eigenvalue weighted by Crippen LogP contribution is -2.37. The Balaban J connectivity index is 2.14. The third kappa shape index (κ3) is 4.23. The number of sulfonamides is 1. The van der Waals surface area contributed by atoms with Gasteiger partial charge in [0.05, 0.1) is 27.0 Å². The van der Waals surface area contributed by atoms with Gasteiger partial charge in [0.2, 0.25) is 0 Å². The molecule has 160 valence electrons. The molecule has 0 N–H and O–H groups in total. The molecule has 0 bridgehead atoms. The SMILES string of the molecule is COc1ccc(C2=CC=CC2S(=O)(=NS(=O)(=O)c2ccc(C)cc2)C(C)(C)C)cc1. The van der Waals surface area contributed by atoms with Gasteiger partial charge in [0.1, 0.15) is 5.75 Å². The molecular weight excluding hydrogens is 418 g/mol. The summed E-state index contributed by atoms with van der Waals surface area (Å²) < 4.78 is 48.9. The number of aryl methyl sites for hydroxylation is 1. The molecule has 0 heterocycles. The maximum absolute atomic E-state index is 14.3. The number of ether oxygens (including phenoxy) is 1. The Morgan fingerprint density at radius 2 is 1.53 bits per heavy atom. The van der Waals surface area contributed by atoms with Crippen LogP contribution in [0.25, 0.3) is 5.57 Å². The second kappa shape index (κ2) is 8.04. The maximum atomic E-state index is 14.3. The highest BCUT2D eigenvalue weighted by molar-refractivity contribution is 8.04. The fraction of sp³-hybridized carbons (Fsp3) is 0.304. The van der Waals surface area contributed by atoms with Gasteiger partial charge in [0.25, 0.3) is 10.0 Å². The number of nitrogens with zero attached hydrogens (tertiary/aromatic N) is 1. The largest absolute Gasteiger partial charge is 0.497 e. The van der Waals surface area contributed by atoms with Gasteiger partial charge >= 0.3 is 0 Å². The molecule has 0 spiro atoms. The Bertz CT molecular complexity index is 1210. The van der Waals surface area contributed by atoms with Gasteiger partial charge < -0.3 is 4.74 Å². The Morgan fingerprint density at radius 3 is 2.07 bits per heavy atom. The van der Waals surface area contributed by atoms with E-state index < -0.39 is 29.7 Å². The standard InChI is InChI=1S/C23H27NO4S2/c1-17-9-15-20(16-10-17)30(26,27)24-29(25,23(2,3)4)22-8-6-7-21(22)18-11-13-19(28-5)14-12-18/h6-16,22H,1-5H3. The van der Waals surface area contributed by atoms with E-state index in [1.807, 2.05) is 43.3 Å². The van der Waals surface area contributed by atoms with E-state index in [2.05, 4.69) is 3.77 Å². The Kier molecular flexibility index (Phi) is 5.98. The summed E-state index contributed by atoms with van der Waals surface area (Å²) in [6.07, 6.45) is 5.46. The van der Waals surface area contributed by atoms with Crippen molar-refractivity contribution >= 4 is 25.3 Å². The zero-order valence-electron chi connectivity index (χ0n) is 17.8. The van der Waals surface area contributed by atoms with E-state index in [0.717, 1.165) is 16.7 Å². The van der Waals surface area contributed by atoms with E-state index in [0.29, 0.717) is 5.75 Å². The minimum atomic E-state index is -4.10. The normalized spacial score (nSPS) is 18.6. The summed E-state index contributed by atoms with van der Waals surface area (Å²) in [4.78, 5) is 0.0435. The van der Waals surface area contributed by atoms with Gasteiger partial charge in [0, 0.05) is 4.75 Å².